The summed E-state index contributed by atoms with van der Waals surface area (Å²) in [5.74, 6) is 6.35. The second-order valence-corrected chi connectivity index (χ2v) is 14.2. The number of hydrogen-bond acceptors (Lipinski definition) is 2. The molecule has 4 rings (SSSR count). The van der Waals surface area contributed by atoms with Crippen LogP contribution in [-0.2, 0) is 5.41 Å². The maximum Gasteiger partial charge on any atom is 0.0905 e. The van der Waals surface area contributed by atoms with Gasteiger partial charge in [0.15, 0.2) is 0 Å². The number of benzene rings is 4. The van der Waals surface area contributed by atoms with Crippen molar-refractivity contribution in [2.75, 3.05) is 0 Å². The largest absolute Gasteiger partial charge is 0.323 e. The molecule has 4 aromatic rings. The molecule has 298 valence electrons. The summed E-state index contributed by atoms with van der Waals surface area (Å²) in [7, 11) is 0. The average molecular weight is 773 g/mol. The molecule has 2 nitrogen and oxygen atoms in total. The minimum atomic E-state index is -0.529. The van der Waals surface area contributed by atoms with Crippen LogP contribution in [0.4, 0.5) is 0 Å². The predicted molar refractivity (Wildman–Crippen MR) is 261 cm³/mol. The van der Waals surface area contributed by atoms with Gasteiger partial charge in [-0.1, -0.05) is 203 Å². The van der Waals surface area contributed by atoms with Crippen LogP contribution < -0.4 is 5.84 Å². The van der Waals surface area contributed by atoms with E-state index in [9.17, 15) is 0 Å². The van der Waals surface area contributed by atoms with Gasteiger partial charge in [0, 0.05) is 11.0 Å². The standard InChI is InChI=1S/C57H60N2/c1-10-24-44(25-11-2)43(8)39-48(28-14-5)53(42-56(59-58)50-34-23-33-47(40-50)45(26-12-3)27-13-4)49-37-38-55(54(41-49)46-31-19-17-20-32-46)57(9,51(29-15-6)30-16-7)52-35-21-18-22-36-52/h10-13,15-42H,1,3,6,14,58H2,2,4-5,7-9H3/b25-11-,27-13-,30-16-,43-39+,44-24+,45-26+,48-28+,51-29+,53-42-,59-56+. The minimum Gasteiger partial charge on any atom is -0.323 e. The Morgan fingerprint density at radius 3 is 1.92 bits per heavy atom. The number of hydrogen-bond donors (Lipinski definition) is 1. The van der Waals surface area contributed by atoms with E-state index in [1.807, 2.05) is 56.4 Å². The van der Waals surface area contributed by atoms with E-state index in [2.05, 4.69) is 204 Å². The molecule has 0 aromatic heterocycles. The monoisotopic (exact) mass is 772 g/mol. The first-order valence-corrected chi connectivity index (χ1v) is 20.4. The van der Waals surface area contributed by atoms with Gasteiger partial charge in [0.05, 0.1) is 5.71 Å². The molecular formula is C57H60N2. The highest BCUT2D eigenvalue weighted by Crippen LogP contribution is 2.45. The third kappa shape index (κ3) is 11.2. The molecule has 2 heteroatoms. The van der Waals surface area contributed by atoms with E-state index in [-0.39, 0.29) is 0 Å². The van der Waals surface area contributed by atoms with Gasteiger partial charge in [0.2, 0.25) is 0 Å². The molecule has 59 heavy (non-hydrogen) atoms. The quantitative estimate of drug-likeness (QED) is 0.0465. The second kappa shape index (κ2) is 22.8. The van der Waals surface area contributed by atoms with Gasteiger partial charge in [-0.3, -0.25) is 0 Å². The van der Waals surface area contributed by atoms with E-state index in [4.69, 9.17) is 5.84 Å². The van der Waals surface area contributed by atoms with E-state index in [1.165, 1.54) is 11.1 Å². The zero-order valence-electron chi connectivity index (χ0n) is 35.8. The van der Waals surface area contributed by atoms with E-state index in [0.29, 0.717) is 5.71 Å². The maximum absolute atomic E-state index is 6.35. The van der Waals surface area contributed by atoms with Crippen LogP contribution in [0.5, 0.6) is 0 Å². The lowest BCUT2D eigenvalue weighted by molar-refractivity contribution is 0.692. The van der Waals surface area contributed by atoms with Crippen LogP contribution in [-0.4, -0.2) is 5.71 Å². The zero-order valence-corrected chi connectivity index (χ0v) is 35.8. The number of rotatable bonds is 18. The summed E-state index contributed by atoms with van der Waals surface area (Å²) in [6, 6.07) is 36.6. The molecular weight excluding hydrogens is 713 g/mol. The van der Waals surface area contributed by atoms with Crippen molar-refractivity contribution in [3.63, 3.8) is 0 Å². The molecule has 0 amide bonds. The molecule has 4 aromatic carbocycles. The molecule has 0 bridgehead atoms. The molecule has 0 saturated heterocycles. The lowest BCUT2D eigenvalue weighted by atomic mass is 9.67. The van der Waals surface area contributed by atoms with E-state index in [1.54, 1.807) is 0 Å². The average Bonchev–Trinajstić information content (AvgIpc) is 3.26. The van der Waals surface area contributed by atoms with Gasteiger partial charge in [-0.15, -0.1) is 0 Å². The molecule has 1 atom stereocenters. The van der Waals surface area contributed by atoms with E-state index in [0.717, 1.165) is 67.7 Å². The molecule has 0 aliphatic heterocycles. The summed E-state index contributed by atoms with van der Waals surface area (Å²) in [6.45, 7) is 24.8. The third-order valence-corrected chi connectivity index (χ3v) is 10.3. The summed E-state index contributed by atoms with van der Waals surface area (Å²) in [5, 5.41) is 4.45. The van der Waals surface area contributed by atoms with Crippen molar-refractivity contribution in [1.82, 2.24) is 0 Å². The Kier molecular flexibility index (Phi) is 17.4. The summed E-state index contributed by atoms with van der Waals surface area (Å²) < 4.78 is 0. The summed E-state index contributed by atoms with van der Waals surface area (Å²) >= 11 is 0. The van der Waals surface area contributed by atoms with Crippen LogP contribution in [0.3, 0.4) is 0 Å². The smallest absolute Gasteiger partial charge is 0.0905 e. The molecule has 0 aliphatic carbocycles. The first-order valence-electron chi connectivity index (χ1n) is 20.4. The first kappa shape index (κ1) is 44.9. The Morgan fingerprint density at radius 2 is 1.31 bits per heavy atom. The molecule has 0 aliphatic rings. The van der Waals surface area contributed by atoms with Crippen LogP contribution in [0, 0.1) is 0 Å². The van der Waals surface area contributed by atoms with Gasteiger partial charge >= 0.3 is 0 Å². The van der Waals surface area contributed by atoms with Crippen molar-refractivity contribution >= 4 is 16.9 Å². The van der Waals surface area contributed by atoms with Gasteiger partial charge in [-0.2, -0.15) is 5.10 Å². The molecule has 1 unspecified atom stereocenters. The van der Waals surface area contributed by atoms with Crippen LogP contribution in [0.25, 0.3) is 22.3 Å². The van der Waals surface area contributed by atoms with Crippen molar-refractivity contribution in [3.05, 3.63) is 264 Å². The fourth-order valence-electron chi connectivity index (χ4n) is 7.43. The highest BCUT2D eigenvalue weighted by Gasteiger charge is 2.34. The summed E-state index contributed by atoms with van der Waals surface area (Å²) in [6.07, 6.45) is 31.8. The van der Waals surface area contributed by atoms with Crippen molar-refractivity contribution < 1.29 is 0 Å². The SMILES string of the molecule is C=C/C=C(\C=C/C)C(/C)=C/C(=C\CC)C(=C/C(=N\N)c1cccc(C(/C=C\C)=C/C=C)c1)/c1ccc(C(C)(C(/C=C\C)=C/C=C)c2ccccc2)c(-c2ccccc2)c1. The Hall–Kier alpha value is -6.77. The first-order chi connectivity index (χ1) is 28.7. The van der Waals surface area contributed by atoms with Crippen LogP contribution in [0.1, 0.15) is 75.8 Å². The van der Waals surface area contributed by atoms with E-state index >= 15 is 0 Å². The van der Waals surface area contributed by atoms with Gasteiger partial charge in [-0.25, -0.2) is 0 Å². The fraction of sp³-hybridized carbons (Fsp3) is 0.140. The normalized spacial score (nSPS) is 14.9. The Balaban J connectivity index is 2.17. The van der Waals surface area contributed by atoms with Crippen LogP contribution in [0.15, 0.2) is 241 Å². The molecule has 0 radical (unpaired) electrons. The summed E-state index contributed by atoms with van der Waals surface area (Å²) in [5.41, 5.74) is 14.1. The molecule has 2 N–H and O–H groups in total. The Bertz CT molecular complexity index is 2400. The van der Waals surface area contributed by atoms with Crippen molar-refractivity contribution in [1.29, 1.82) is 0 Å². The number of nitrogens with zero attached hydrogens (tertiary/aromatic N) is 1. The molecule has 0 fully saturated rings. The number of hydrazone groups is 1. The van der Waals surface area contributed by atoms with Crippen LogP contribution >= 0.6 is 0 Å². The Morgan fingerprint density at radius 1 is 0.661 bits per heavy atom. The lowest BCUT2D eigenvalue weighted by Gasteiger charge is -2.35. The highest BCUT2D eigenvalue weighted by atomic mass is 15.1. The Labute approximate surface area is 355 Å². The fourth-order valence-corrected chi connectivity index (χ4v) is 7.43. The summed E-state index contributed by atoms with van der Waals surface area (Å²) in [4.78, 5) is 0. The number of nitrogens with two attached hydrogens (primary N) is 1. The van der Waals surface area contributed by atoms with Crippen LogP contribution in [0.2, 0.25) is 0 Å². The zero-order chi connectivity index (χ0) is 42.6. The minimum absolute atomic E-state index is 0.529. The lowest BCUT2D eigenvalue weighted by Crippen LogP contribution is -2.27. The predicted octanol–water partition coefficient (Wildman–Crippen LogP) is 15.2. The second-order valence-electron chi connectivity index (χ2n) is 14.2. The molecule has 0 spiro atoms. The van der Waals surface area contributed by atoms with E-state index < -0.39 is 5.41 Å². The highest BCUT2D eigenvalue weighted by molar-refractivity contribution is 6.14. The van der Waals surface area contributed by atoms with Gasteiger partial charge < -0.3 is 5.84 Å². The van der Waals surface area contributed by atoms with Crippen molar-refractivity contribution in [2.45, 2.75) is 53.4 Å². The molecule has 0 saturated carbocycles. The van der Waals surface area contributed by atoms with Crippen molar-refractivity contribution in [2.24, 2.45) is 10.9 Å². The van der Waals surface area contributed by atoms with Crippen molar-refractivity contribution in [3.8, 4) is 11.1 Å². The molecule has 0 heterocycles. The third-order valence-electron chi connectivity index (χ3n) is 10.3. The van der Waals surface area contributed by atoms with Gasteiger partial charge in [0.1, 0.15) is 0 Å². The number of allylic oxidation sites excluding steroid dienone is 21. The topological polar surface area (TPSA) is 38.4 Å². The van der Waals surface area contributed by atoms with Gasteiger partial charge in [0.25, 0.3) is 0 Å². The van der Waals surface area contributed by atoms with Gasteiger partial charge in [-0.05, 0) is 126 Å². The maximum atomic E-state index is 6.35.